The molecule has 0 aliphatic carbocycles. The van der Waals surface area contributed by atoms with Crippen LogP contribution in [0.5, 0.6) is 11.5 Å². The lowest BCUT2D eigenvalue weighted by molar-refractivity contribution is 0.373. The number of phenolic OH excluding ortho intramolecular Hbond substituents is 1. The number of phenols is 1. The van der Waals surface area contributed by atoms with Crippen LogP contribution in [0.25, 0.3) is 0 Å². The SMILES string of the molecule is C.COc1ccc(N)cc1O. The second-order valence-corrected chi connectivity index (χ2v) is 1.93. The summed E-state index contributed by atoms with van der Waals surface area (Å²) in [7, 11) is 1.49. The molecule has 0 saturated carbocycles. The van der Waals surface area contributed by atoms with Gasteiger partial charge in [0.15, 0.2) is 11.5 Å². The number of nitrogens with two attached hydrogens (primary N) is 1. The van der Waals surface area contributed by atoms with Crippen molar-refractivity contribution in [1.82, 2.24) is 0 Å². The number of methoxy groups -OCH3 is 1. The summed E-state index contributed by atoms with van der Waals surface area (Å²) in [5.74, 6) is 0.511. The monoisotopic (exact) mass is 155 g/mol. The minimum Gasteiger partial charge on any atom is -0.504 e. The van der Waals surface area contributed by atoms with E-state index in [4.69, 9.17) is 15.6 Å². The Morgan fingerprint density at radius 3 is 2.55 bits per heavy atom. The minimum atomic E-state index is 0. The van der Waals surface area contributed by atoms with Crippen LogP contribution in [-0.2, 0) is 0 Å². The molecule has 0 fully saturated rings. The summed E-state index contributed by atoms with van der Waals surface area (Å²) < 4.78 is 4.79. The van der Waals surface area contributed by atoms with Crippen molar-refractivity contribution < 1.29 is 9.84 Å². The van der Waals surface area contributed by atoms with E-state index in [1.807, 2.05) is 0 Å². The first-order chi connectivity index (χ1) is 4.74. The summed E-state index contributed by atoms with van der Waals surface area (Å²) >= 11 is 0. The van der Waals surface area contributed by atoms with Crippen LogP contribution in [0.4, 0.5) is 5.69 Å². The molecule has 0 aliphatic heterocycles. The first-order valence-electron chi connectivity index (χ1n) is 2.86. The summed E-state index contributed by atoms with van der Waals surface area (Å²) in [4.78, 5) is 0. The molecule has 0 aliphatic rings. The highest BCUT2D eigenvalue weighted by Gasteiger charge is 1.98. The Kier molecular flexibility index (Phi) is 3.24. The smallest absolute Gasteiger partial charge is 0.160 e. The van der Waals surface area contributed by atoms with Gasteiger partial charge in [-0.05, 0) is 12.1 Å². The fraction of sp³-hybridized carbons (Fsp3) is 0.250. The molecule has 1 aromatic carbocycles. The van der Waals surface area contributed by atoms with Crippen LogP contribution in [-0.4, -0.2) is 12.2 Å². The van der Waals surface area contributed by atoms with Gasteiger partial charge in [0, 0.05) is 11.8 Å². The van der Waals surface area contributed by atoms with Crippen molar-refractivity contribution in [3.63, 3.8) is 0 Å². The van der Waals surface area contributed by atoms with Gasteiger partial charge in [-0.3, -0.25) is 0 Å². The second-order valence-electron chi connectivity index (χ2n) is 1.93. The summed E-state index contributed by atoms with van der Waals surface area (Å²) in [6.45, 7) is 0. The fourth-order valence-corrected chi connectivity index (χ4v) is 0.707. The average molecular weight is 155 g/mol. The number of anilines is 1. The zero-order chi connectivity index (χ0) is 7.56. The van der Waals surface area contributed by atoms with E-state index >= 15 is 0 Å². The lowest BCUT2D eigenvalue weighted by atomic mass is 10.3. The predicted octanol–water partition coefficient (Wildman–Crippen LogP) is 1.62. The number of hydrogen-bond donors (Lipinski definition) is 2. The number of nitrogen functional groups attached to an aromatic ring is 1. The van der Waals surface area contributed by atoms with Gasteiger partial charge in [0.25, 0.3) is 0 Å². The van der Waals surface area contributed by atoms with E-state index in [0.29, 0.717) is 11.4 Å². The van der Waals surface area contributed by atoms with E-state index in [-0.39, 0.29) is 13.2 Å². The molecule has 3 nitrogen and oxygen atoms in total. The van der Waals surface area contributed by atoms with Gasteiger partial charge in [-0.2, -0.15) is 0 Å². The van der Waals surface area contributed by atoms with E-state index in [1.165, 1.54) is 13.2 Å². The Morgan fingerprint density at radius 1 is 1.45 bits per heavy atom. The molecule has 11 heavy (non-hydrogen) atoms. The molecule has 62 valence electrons. The summed E-state index contributed by atoms with van der Waals surface area (Å²) in [6.07, 6.45) is 0. The molecule has 0 radical (unpaired) electrons. The Hall–Kier alpha value is -1.38. The van der Waals surface area contributed by atoms with Crippen LogP contribution in [0.2, 0.25) is 0 Å². The summed E-state index contributed by atoms with van der Waals surface area (Å²) in [5, 5.41) is 9.09. The molecule has 3 heteroatoms. The highest BCUT2D eigenvalue weighted by molar-refractivity contribution is 5.50. The number of rotatable bonds is 1. The molecule has 0 aromatic heterocycles. The van der Waals surface area contributed by atoms with Crippen molar-refractivity contribution in [1.29, 1.82) is 0 Å². The van der Waals surface area contributed by atoms with Crippen molar-refractivity contribution in [3.8, 4) is 11.5 Å². The topological polar surface area (TPSA) is 55.5 Å². The number of aromatic hydroxyl groups is 1. The van der Waals surface area contributed by atoms with Crippen LogP contribution >= 0.6 is 0 Å². The van der Waals surface area contributed by atoms with Crippen molar-refractivity contribution in [2.45, 2.75) is 7.43 Å². The van der Waals surface area contributed by atoms with Gasteiger partial charge in [-0.25, -0.2) is 0 Å². The zero-order valence-corrected chi connectivity index (χ0v) is 5.66. The predicted molar refractivity (Wildman–Crippen MR) is 45.8 cm³/mol. The third kappa shape index (κ3) is 2.04. The van der Waals surface area contributed by atoms with Crippen LogP contribution in [0, 0.1) is 0 Å². The zero-order valence-electron chi connectivity index (χ0n) is 5.66. The third-order valence-corrected chi connectivity index (χ3v) is 1.20. The van der Waals surface area contributed by atoms with Crippen LogP contribution in [0.15, 0.2) is 18.2 Å². The Balaban J connectivity index is 0.000001000. The Morgan fingerprint density at radius 2 is 2.09 bits per heavy atom. The van der Waals surface area contributed by atoms with E-state index in [9.17, 15) is 0 Å². The van der Waals surface area contributed by atoms with Gasteiger partial charge in [0.05, 0.1) is 7.11 Å². The first-order valence-corrected chi connectivity index (χ1v) is 2.86. The van der Waals surface area contributed by atoms with Crippen molar-refractivity contribution in [3.05, 3.63) is 18.2 Å². The molecule has 0 saturated heterocycles. The van der Waals surface area contributed by atoms with Crippen molar-refractivity contribution >= 4 is 5.69 Å². The molecule has 0 amide bonds. The number of ether oxygens (including phenoxy) is 1. The van der Waals surface area contributed by atoms with Crippen LogP contribution in [0.3, 0.4) is 0 Å². The lowest BCUT2D eigenvalue weighted by Gasteiger charge is -2.01. The molecule has 3 N–H and O–H groups in total. The standard InChI is InChI=1S/C7H9NO2.CH4/c1-10-7-3-2-5(8)4-6(7)9;/h2-4,9H,8H2,1H3;1H4. The van der Waals surface area contributed by atoms with E-state index < -0.39 is 0 Å². The quantitative estimate of drug-likeness (QED) is 0.606. The number of hydrogen-bond acceptors (Lipinski definition) is 3. The molecule has 1 aromatic rings. The molecular weight excluding hydrogens is 142 g/mol. The van der Waals surface area contributed by atoms with E-state index in [1.54, 1.807) is 12.1 Å². The first kappa shape index (κ1) is 9.62. The highest BCUT2D eigenvalue weighted by Crippen LogP contribution is 2.26. The van der Waals surface area contributed by atoms with Gasteiger partial charge >= 0.3 is 0 Å². The van der Waals surface area contributed by atoms with Gasteiger partial charge in [-0.1, -0.05) is 7.43 Å². The molecule has 1 rings (SSSR count). The number of benzene rings is 1. The normalized spacial score (nSPS) is 8.45. The maximum atomic E-state index is 9.09. The fourth-order valence-electron chi connectivity index (χ4n) is 0.707. The van der Waals surface area contributed by atoms with E-state index in [2.05, 4.69) is 0 Å². The van der Waals surface area contributed by atoms with Crippen LogP contribution < -0.4 is 10.5 Å². The van der Waals surface area contributed by atoms with E-state index in [0.717, 1.165) is 0 Å². The average Bonchev–Trinajstić information content (AvgIpc) is 1.88. The molecule has 0 atom stereocenters. The lowest BCUT2D eigenvalue weighted by Crippen LogP contribution is -1.86. The largest absolute Gasteiger partial charge is 0.504 e. The Labute approximate surface area is 66.4 Å². The molecule has 0 unspecified atom stereocenters. The summed E-state index contributed by atoms with van der Waals surface area (Å²) in [6, 6.07) is 4.72. The Bertz CT molecular complexity index is 236. The molecule has 0 bridgehead atoms. The van der Waals surface area contributed by atoms with Gasteiger partial charge in [-0.15, -0.1) is 0 Å². The minimum absolute atomic E-state index is 0. The van der Waals surface area contributed by atoms with Gasteiger partial charge in [0.2, 0.25) is 0 Å². The third-order valence-electron chi connectivity index (χ3n) is 1.20. The maximum Gasteiger partial charge on any atom is 0.160 e. The highest BCUT2D eigenvalue weighted by atomic mass is 16.5. The maximum absolute atomic E-state index is 9.09. The van der Waals surface area contributed by atoms with Gasteiger partial charge in [0.1, 0.15) is 0 Å². The van der Waals surface area contributed by atoms with Crippen molar-refractivity contribution in [2.24, 2.45) is 0 Å². The molecular formula is C8H13NO2. The molecule has 0 heterocycles. The van der Waals surface area contributed by atoms with Crippen molar-refractivity contribution in [2.75, 3.05) is 12.8 Å². The van der Waals surface area contributed by atoms with Crippen LogP contribution in [0.1, 0.15) is 7.43 Å². The molecule has 0 spiro atoms. The van der Waals surface area contributed by atoms with Gasteiger partial charge < -0.3 is 15.6 Å². The second kappa shape index (κ2) is 3.71. The summed E-state index contributed by atoms with van der Waals surface area (Å²) in [5.41, 5.74) is 5.89.